The van der Waals surface area contributed by atoms with Crippen LogP contribution in [0.15, 0.2) is 59.4 Å². The van der Waals surface area contributed by atoms with Crippen molar-refractivity contribution in [3.05, 3.63) is 66.2 Å². The summed E-state index contributed by atoms with van der Waals surface area (Å²) in [7, 11) is 0. The predicted molar refractivity (Wildman–Crippen MR) is 119 cm³/mol. The van der Waals surface area contributed by atoms with Gasteiger partial charge in [0, 0.05) is 12.1 Å². The fourth-order valence-corrected chi connectivity index (χ4v) is 3.13. The van der Waals surface area contributed by atoms with Gasteiger partial charge in [0.15, 0.2) is 6.61 Å². The molecule has 0 fully saturated rings. The molecule has 8 nitrogen and oxygen atoms in total. The first-order chi connectivity index (χ1) is 16.1. The summed E-state index contributed by atoms with van der Waals surface area (Å²) in [4.78, 5) is 20.4. The van der Waals surface area contributed by atoms with E-state index >= 15 is 0 Å². The van der Waals surface area contributed by atoms with Crippen molar-refractivity contribution in [1.82, 2.24) is 20.4 Å². The molecule has 1 N–H and O–H groups in total. The molecular weight excluding hydrogens is 427 g/mol. The smallest absolute Gasteiger partial charge is 0.265 e. The van der Waals surface area contributed by atoms with E-state index in [4.69, 9.17) is 14.0 Å². The highest BCUT2D eigenvalue weighted by molar-refractivity contribution is 5.93. The number of nitrogens with zero attached hydrogens (tertiary/aromatic N) is 3. The van der Waals surface area contributed by atoms with Crippen molar-refractivity contribution in [1.29, 1.82) is 0 Å². The molecule has 2 aromatic carbocycles. The quantitative estimate of drug-likeness (QED) is 0.360. The fraction of sp³-hybridized carbons (Fsp3) is 0.250. The lowest BCUT2D eigenvalue weighted by atomic mass is 10.1. The predicted octanol–water partition coefficient (Wildman–Crippen LogP) is 4.30. The van der Waals surface area contributed by atoms with Crippen LogP contribution < -0.4 is 14.8 Å². The number of carbonyl (C=O) groups is 1. The van der Waals surface area contributed by atoms with Crippen molar-refractivity contribution in [2.45, 2.75) is 26.3 Å². The maximum atomic E-state index is 13.6. The standard InChI is InChI=1S/C24H23FN4O4/c1-2-3-11-31-19-9-7-16(8-10-19)13-26-20(30)14-32-23-21-22(17-5-4-6-18(25)12-17)29-33-24(21)28-15-27-23/h4-10,12,15H,2-3,11,13-14H2,1H3,(H,26,30). The molecule has 170 valence electrons. The molecule has 2 heterocycles. The fourth-order valence-electron chi connectivity index (χ4n) is 3.13. The van der Waals surface area contributed by atoms with Crippen LogP contribution in [-0.4, -0.2) is 34.2 Å². The van der Waals surface area contributed by atoms with Crippen LogP contribution in [0, 0.1) is 5.82 Å². The molecular formula is C24H23FN4O4. The molecule has 0 saturated heterocycles. The van der Waals surface area contributed by atoms with Crippen LogP contribution in [0.25, 0.3) is 22.4 Å². The van der Waals surface area contributed by atoms with Crippen LogP contribution in [0.5, 0.6) is 11.6 Å². The number of unbranched alkanes of at least 4 members (excludes halogenated alkanes) is 1. The van der Waals surface area contributed by atoms with Gasteiger partial charge in [0.1, 0.15) is 29.0 Å². The minimum absolute atomic E-state index is 0.129. The van der Waals surface area contributed by atoms with Crippen LogP contribution in [0.2, 0.25) is 0 Å². The average molecular weight is 450 g/mol. The highest BCUT2D eigenvalue weighted by atomic mass is 19.1. The summed E-state index contributed by atoms with van der Waals surface area (Å²) in [6.07, 6.45) is 3.34. The molecule has 1 amide bonds. The number of halogens is 1. The van der Waals surface area contributed by atoms with Crippen LogP contribution in [0.1, 0.15) is 25.3 Å². The minimum atomic E-state index is -0.414. The number of hydrogen-bond acceptors (Lipinski definition) is 7. The normalized spacial score (nSPS) is 10.8. The number of fused-ring (bicyclic) bond motifs is 1. The van der Waals surface area contributed by atoms with Gasteiger partial charge >= 0.3 is 0 Å². The average Bonchev–Trinajstić information content (AvgIpc) is 3.27. The molecule has 2 aromatic heterocycles. The van der Waals surface area contributed by atoms with E-state index < -0.39 is 5.82 Å². The highest BCUT2D eigenvalue weighted by Gasteiger charge is 2.19. The number of hydrogen-bond donors (Lipinski definition) is 1. The van der Waals surface area contributed by atoms with E-state index in [0.29, 0.717) is 29.8 Å². The van der Waals surface area contributed by atoms with Gasteiger partial charge in [0.25, 0.3) is 11.6 Å². The van der Waals surface area contributed by atoms with Crippen LogP contribution in [0.3, 0.4) is 0 Å². The number of ether oxygens (including phenoxy) is 2. The molecule has 0 unspecified atom stereocenters. The number of rotatable bonds is 10. The van der Waals surface area contributed by atoms with E-state index in [1.807, 2.05) is 24.3 Å². The van der Waals surface area contributed by atoms with Gasteiger partial charge in [-0.05, 0) is 36.2 Å². The maximum Gasteiger partial charge on any atom is 0.265 e. The lowest BCUT2D eigenvalue weighted by Crippen LogP contribution is -2.28. The van der Waals surface area contributed by atoms with E-state index in [1.165, 1.54) is 18.5 Å². The Kier molecular flexibility index (Phi) is 7.09. The Morgan fingerprint density at radius 2 is 1.97 bits per heavy atom. The Morgan fingerprint density at radius 3 is 2.76 bits per heavy atom. The van der Waals surface area contributed by atoms with Crippen molar-refractivity contribution in [3.63, 3.8) is 0 Å². The van der Waals surface area contributed by atoms with Crippen molar-refractivity contribution in [3.8, 4) is 22.9 Å². The molecule has 0 atom stereocenters. The molecule has 33 heavy (non-hydrogen) atoms. The van der Waals surface area contributed by atoms with Crippen molar-refractivity contribution >= 4 is 17.0 Å². The van der Waals surface area contributed by atoms with E-state index in [1.54, 1.807) is 12.1 Å². The molecule has 0 bridgehead atoms. The molecule has 0 aliphatic heterocycles. The summed E-state index contributed by atoms with van der Waals surface area (Å²) in [6, 6.07) is 13.5. The van der Waals surface area contributed by atoms with Gasteiger partial charge in [0.2, 0.25) is 5.88 Å². The van der Waals surface area contributed by atoms with Gasteiger partial charge < -0.3 is 19.3 Å². The van der Waals surface area contributed by atoms with E-state index in [0.717, 1.165) is 24.2 Å². The van der Waals surface area contributed by atoms with Crippen LogP contribution >= 0.6 is 0 Å². The van der Waals surface area contributed by atoms with Gasteiger partial charge in [-0.2, -0.15) is 4.98 Å². The van der Waals surface area contributed by atoms with E-state index in [2.05, 4.69) is 27.4 Å². The summed E-state index contributed by atoms with van der Waals surface area (Å²) in [6.45, 7) is 2.88. The number of nitrogens with one attached hydrogen (secondary N) is 1. The van der Waals surface area contributed by atoms with E-state index in [-0.39, 0.29) is 24.1 Å². The largest absolute Gasteiger partial charge is 0.494 e. The van der Waals surface area contributed by atoms with Crippen molar-refractivity contribution in [2.75, 3.05) is 13.2 Å². The van der Waals surface area contributed by atoms with Crippen molar-refractivity contribution < 1.29 is 23.2 Å². The Bertz CT molecular complexity index is 1230. The third-order valence-electron chi connectivity index (χ3n) is 4.86. The minimum Gasteiger partial charge on any atom is -0.494 e. The zero-order valence-electron chi connectivity index (χ0n) is 18.1. The lowest BCUT2D eigenvalue weighted by molar-refractivity contribution is -0.123. The van der Waals surface area contributed by atoms with Gasteiger partial charge in [-0.25, -0.2) is 9.37 Å². The molecule has 0 saturated carbocycles. The highest BCUT2D eigenvalue weighted by Crippen LogP contribution is 2.32. The molecule has 9 heteroatoms. The third-order valence-corrected chi connectivity index (χ3v) is 4.86. The maximum absolute atomic E-state index is 13.6. The number of carbonyl (C=O) groups excluding carboxylic acids is 1. The Labute approximate surface area is 189 Å². The zero-order valence-corrected chi connectivity index (χ0v) is 18.1. The Morgan fingerprint density at radius 1 is 1.12 bits per heavy atom. The Balaban J connectivity index is 1.37. The second-order valence-corrected chi connectivity index (χ2v) is 7.31. The summed E-state index contributed by atoms with van der Waals surface area (Å²) >= 11 is 0. The van der Waals surface area contributed by atoms with E-state index in [9.17, 15) is 9.18 Å². The monoisotopic (exact) mass is 450 g/mol. The summed E-state index contributed by atoms with van der Waals surface area (Å²) in [5, 5.41) is 7.14. The van der Waals surface area contributed by atoms with Gasteiger partial charge in [-0.15, -0.1) is 0 Å². The van der Waals surface area contributed by atoms with Crippen LogP contribution in [-0.2, 0) is 11.3 Å². The number of amides is 1. The van der Waals surface area contributed by atoms with Crippen LogP contribution in [0.4, 0.5) is 4.39 Å². The molecule has 0 aliphatic rings. The topological polar surface area (TPSA) is 99.4 Å². The second kappa shape index (κ2) is 10.5. The second-order valence-electron chi connectivity index (χ2n) is 7.31. The summed E-state index contributed by atoms with van der Waals surface area (Å²) < 4.78 is 30.1. The molecule has 0 aliphatic carbocycles. The molecule has 0 radical (unpaired) electrons. The van der Waals surface area contributed by atoms with Gasteiger partial charge in [-0.3, -0.25) is 4.79 Å². The molecule has 4 aromatic rings. The van der Waals surface area contributed by atoms with Gasteiger partial charge in [0.05, 0.1) is 6.61 Å². The summed E-state index contributed by atoms with van der Waals surface area (Å²) in [5.41, 5.74) is 1.94. The zero-order chi connectivity index (χ0) is 23.0. The first-order valence-electron chi connectivity index (χ1n) is 10.6. The lowest BCUT2D eigenvalue weighted by Gasteiger charge is -2.09. The Hall–Kier alpha value is -4.01. The SMILES string of the molecule is CCCCOc1ccc(CNC(=O)COc2ncnc3onc(-c4cccc(F)c4)c23)cc1. The number of benzene rings is 2. The molecule has 4 rings (SSSR count). The summed E-state index contributed by atoms with van der Waals surface area (Å²) in [5.74, 6) is 0.193. The third kappa shape index (κ3) is 5.62. The molecule has 0 spiro atoms. The van der Waals surface area contributed by atoms with Crippen molar-refractivity contribution in [2.24, 2.45) is 0 Å². The number of aromatic nitrogens is 3. The first-order valence-corrected chi connectivity index (χ1v) is 10.6. The first kappa shape index (κ1) is 22.2. The van der Waals surface area contributed by atoms with Gasteiger partial charge in [-0.1, -0.05) is 42.8 Å².